The van der Waals surface area contributed by atoms with Crippen LogP contribution in [0.5, 0.6) is 0 Å². The maximum atomic E-state index is 6.13. The van der Waals surface area contributed by atoms with Crippen molar-refractivity contribution >= 4 is 22.1 Å². The van der Waals surface area contributed by atoms with E-state index in [4.69, 9.17) is 9.40 Å². The van der Waals surface area contributed by atoms with Gasteiger partial charge in [-0.05, 0) is 37.3 Å². The summed E-state index contributed by atoms with van der Waals surface area (Å²) in [4.78, 5) is 23.3. The van der Waals surface area contributed by atoms with Gasteiger partial charge in [-0.3, -0.25) is 4.98 Å². The average Bonchev–Trinajstić information content (AvgIpc) is 3.16. The zero-order valence-electron chi connectivity index (χ0n) is 18.9. The second-order valence-corrected chi connectivity index (χ2v) is 8.71. The van der Waals surface area contributed by atoms with E-state index >= 15 is 0 Å². The monoisotopic (exact) mass is 423 g/mol. The number of furan rings is 1. The topological polar surface area (TPSA) is 77.6 Å². The molecule has 5 rings (SSSR count). The summed E-state index contributed by atoms with van der Waals surface area (Å²) in [6.07, 6.45) is 1.82. The first kappa shape index (κ1) is 20.2. The Hall–Kier alpha value is -3.67. The summed E-state index contributed by atoms with van der Waals surface area (Å²) in [5.74, 6) is 2.72. The SMILES string of the molecule is Cc1ccc2c(n1)oc1c(-c3ccc(-c4nc(C(C)C)nc(C(C)C)n4)cn3)cccc12. The van der Waals surface area contributed by atoms with E-state index in [1.54, 1.807) is 0 Å². The van der Waals surface area contributed by atoms with Crippen LogP contribution >= 0.6 is 0 Å². The molecule has 0 aliphatic carbocycles. The number of aromatic nitrogens is 5. The third-order valence-electron chi connectivity index (χ3n) is 5.50. The predicted octanol–water partition coefficient (Wildman–Crippen LogP) is 6.45. The van der Waals surface area contributed by atoms with E-state index in [0.29, 0.717) is 11.5 Å². The Bertz CT molecular complexity index is 1410. The molecule has 0 saturated heterocycles. The van der Waals surface area contributed by atoms with Gasteiger partial charge in [0.25, 0.3) is 0 Å². The fourth-order valence-corrected chi connectivity index (χ4v) is 3.71. The van der Waals surface area contributed by atoms with Crippen molar-refractivity contribution in [3.05, 3.63) is 66.0 Å². The normalized spacial score (nSPS) is 11.8. The first-order chi connectivity index (χ1) is 15.4. The van der Waals surface area contributed by atoms with Gasteiger partial charge in [-0.15, -0.1) is 0 Å². The van der Waals surface area contributed by atoms with E-state index in [0.717, 1.165) is 50.5 Å². The number of para-hydroxylation sites is 1. The molecule has 6 nitrogen and oxygen atoms in total. The van der Waals surface area contributed by atoms with E-state index < -0.39 is 0 Å². The fourth-order valence-electron chi connectivity index (χ4n) is 3.71. The van der Waals surface area contributed by atoms with Crippen molar-refractivity contribution in [3.8, 4) is 22.6 Å². The number of nitrogens with zero attached hydrogens (tertiary/aromatic N) is 5. The highest BCUT2D eigenvalue weighted by atomic mass is 16.3. The lowest BCUT2D eigenvalue weighted by Crippen LogP contribution is -2.08. The lowest BCUT2D eigenvalue weighted by molar-refractivity contribution is 0.653. The molecular formula is C26H25N5O. The van der Waals surface area contributed by atoms with E-state index in [1.807, 2.05) is 43.5 Å². The summed E-state index contributed by atoms with van der Waals surface area (Å²) < 4.78 is 6.13. The molecule has 0 atom stereocenters. The number of hydrogen-bond acceptors (Lipinski definition) is 6. The fraction of sp³-hybridized carbons (Fsp3) is 0.269. The predicted molar refractivity (Wildman–Crippen MR) is 126 cm³/mol. The summed E-state index contributed by atoms with van der Waals surface area (Å²) >= 11 is 0. The Labute approximate surface area is 186 Å². The molecule has 1 aromatic carbocycles. The van der Waals surface area contributed by atoms with E-state index in [1.165, 1.54) is 0 Å². The molecule has 0 unspecified atom stereocenters. The molecule has 4 heterocycles. The molecule has 5 aromatic rings. The largest absolute Gasteiger partial charge is 0.437 e. The molecule has 0 radical (unpaired) electrons. The molecule has 0 N–H and O–H groups in total. The van der Waals surface area contributed by atoms with Gasteiger partial charge in [-0.25, -0.2) is 19.9 Å². The van der Waals surface area contributed by atoms with Gasteiger partial charge in [-0.1, -0.05) is 39.8 Å². The van der Waals surface area contributed by atoms with Crippen LogP contribution < -0.4 is 0 Å². The molecule has 0 amide bonds. The van der Waals surface area contributed by atoms with Crippen molar-refractivity contribution in [3.63, 3.8) is 0 Å². The number of hydrogen-bond donors (Lipinski definition) is 0. The molecule has 0 aliphatic heterocycles. The molecule has 0 aliphatic rings. The Morgan fingerprint density at radius 2 is 1.50 bits per heavy atom. The molecule has 4 aromatic heterocycles. The van der Waals surface area contributed by atoms with Crippen LogP contribution in [0.15, 0.2) is 53.1 Å². The molecule has 0 fully saturated rings. The van der Waals surface area contributed by atoms with E-state index in [-0.39, 0.29) is 11.8 Å². The van der Waals surface area contributed by atoms with Gasteiger partial charge in [0, 0.05) is 45.6 Å². The minimum absolute atomic E-state index is 0.226. The van der Waals surface area contributed by atoms with Crippen molar-refractivity contribution in [1.82, 2.24) is 24.9 Å². The Kier molecular flexibility index (Phi) is 4.93. The first-order valence-electron chi connectivity index (χ1n) is 10.9. The average molecular weight is 424 g/mol. The molecule has 0 saturated carbocycles. The number of benzene rings is 1. The van der Waals surface area contributed by atoms with Crippen molar-refractivity contribution in [2.24, 2.45) is 0 Å². The smallest absolute Gasteiger partial charge is 0.227 e. The Morgan fingerprint density at radius 1 is 0.750 bits per heavy atom. The van der Waals surface area contributed by atoms with Gasteiger partial charge in [-0.2, -0.15) is 0 Å². The molecular weight excluding hydrogens is 398 g/mol. The maximum Gasteiger partial charge on any atom is 0.227 e. The van der Waals surface area contributed by atoms with Crippen molar-refractivity contribution < 1.29 is 4.42 Å². The van der Waals surface area contributed by atoms with Gasteiger partial charge in [0.05, 0.1) is 5.69 Å². The van der Waals surface area contributed by atoms with Crippen LogP contribution in [0.25, 0.3) is 44.7 Å². The Balaban J connectivity index is 1.59. The summed E-state index contributed by atoms with van der Waals surface area (Å²) in [7, 11) is 0. The third kappa shape index (κ3) is 3.51. The highest BCUT2D eigenvalue weighted by molar-refractivity contribution is 6.08. The van der Waals surface area contributed by atoms with Crippen molar-refractivity contribution in [2.45, 2.75) is 46.5 Å². The number of fused-ring (bicyclic) bond motifs is 3. The summed E-state index contributed by atoms with van der Waals surface area (Å²) in [5, 5.41) is 2.05. The van der Waals surface area contributed by atoms with Gasteiger partial charge in [0.1, 0.15) is 17.2 Å². The van der Waals surface area contributed by atoms with Crippen LogP contribution in [-0.4, -0.2) is 24.9 Å². The van der Waals surface area contributed by atoms with Gasteiger partial charge < -0.3 is 4.42 Å². The number of pyridine rings is 2. The highest BCUT2D eigenvalue weighted by Gasteiger charge is 2.16. The maximum absolute atomic E-state index is 6.13. The minimum atomic E-state index is 0.226. The molecule has 160 valence electrons. The standard InChI is InChI=1S/C26H25N5O/c1-14(2)23-29-24(15(3)4)31-25(30-23)17-10-12-21(27-13-17)20-8-6-7-18-19-11-9-16(5)28-26(19)32-22(18)20/h6-15H,1-5H3. The lowest BCUT2D eigenvalue weighted by Gasteiger charge is -2.11. The van der Waals surface area contributed by atoms with Crippen LogP contribution in [0.1, 0.15) is 56.9 Å². The summed E-state index contributed by atoms with van der Waals surface area (Å²) in [6, 6.07) is 14.2. The quantitative estimate of drug-likeness (QED) is 0.330. The molecule has 32 heavy (non-hydrogen) atoms. The van der Waals surface area contributed by atoms with E-state index in [2.05, 4.69) is 59.8 Å². The van der Waals surface area contributed by atoms with Crippen molar-refractivity contribution in [1.29, 1.82) is 0 Å². The second-order valence-electron chi connectivity index (χ2n) is 8.71. The van der Waals surface area contributed by atoms with Crippen LogP contribution in [-0.2, 0) is 0 Å². The Morgan fingerprint density at radius 3 is 2.16 bits per heavy atom. The number of aryl methyl sites for hydroxylation is 1. The van der Waals surface area contributed by atoms with Crippen LogP contribution in [0.2, 0.25) is 0 Å². The molecule has 0 bridgehead atoms. The van der Waals surface area contributed by atoms with Crippen LogP contribution in [0.3, 0.4) is 0 Å². The van der Waals surface area contributed by atoms with Gasteiger partial charge in [0.15, 0.2) is 5.82 Å². The van der Waals surface area contributed by atoms with Crippen LogP contribution in [0, 0.1) is 6.92 Å². The highest BCUT2D eigenvalue weighted by Crippen LogP contribution is 2.34. The van der Waals surface area contributed by atoms with Gasteiger partial charge >= 0.3 is 0 Å². The van der Waals surface area contributed by atoms with Crippen LogP contribution in [0.4, 0.5) is 0 Å². The van der Waals surface area contributed by atoms with E-state index in [9.17, 15) is 0 Å². The minimum Gasteiger partial charge on any atom is -0.437 e. The number of rotatable bonds is 4. The molecule has 0 spiro atoms. The zero-order chi connectivity index (χ0) is 22.4. The molecule has 6 heteroatoms. The summed E-state index contributed by atoms with van der Waals surface area (Å²) in [5.41, 5.74) is 5.01. The second kappa shape index (κ2) is 7.79. The van der Waals surface area contributed by atoms with Gasteiger partial charge in [0.2, 0.25) is 5.71 Å². The third-order valence-corrected chi connectivity index (χ3v) is 5.50. The first-order valence-corrected chi connectivity index (χ1v) is 10.9. The lowest BCUT2D eigenvalue weighted by atomic mass is 10.1. The van der Waals surface area contributed by atoms with Crippen molar-refractivity contribution in [2.75, 3.05) is 0 Å². The summed E-state index contributed by atoms with van der Waals surface area (Å²) in [6.45, 7) is 10.3. The zero-order valence-corrected chi connectivity index (χ0v) is 18.9.